The van der Waals surface area contributed by atoms with Crippen LogP contribution in [0.25, 0.3) is 11.0 Å². The number of thioether (sulfide) groups is 1. The fourth-order valence-corrected chi connectivity index (χ4v) is 4.27. The Hall–Kier alpha value is -2.47. The van der Waals surface area contributed by atoms with Crippen molar-refractivity contribution in [2.24, 2.45) is 0 Å². The van der Waals surface area contributed by atoms with Crippen LogP contribution >= 0.6 is 11.8 Å². The number of amides is 1. The molecule has 29 heavy (non-hydrogen) atoms. The lowest BCUT2D eigenvalue weighted by Crippen LogP contribution is -2.19. The number of imidazole rings is 1. The van der Waals surface area contributed by atoms with Gasteiger partial charge in [0.25, 0.3) is 0 Å². The minimum absolute atomic E-state index is 0.0927. The molecule has 0 aliphatic carbocycles. The van der Waals surface area contributed by atoms with Gasteiger partial charge in [0.1, 0.15) is 12.3 Å². The number of ether oxygens (including phenoxy) is 1. The van der Waals surface area contributed by atoms with Gasteiger partial charge in [-0.25, -0.2) is 4.98 Å². The lowest BCUT2D eigenvalue weighted by molar-refractivity contribution is -0.116. The van der Waals surface area contributed by atoms with Crippen molar-refractivity contribution < 1.29 is 9.53 Å². The first kappa shape index (κ1) is 21.2. The first-order chi connectivity index (χ1) is 14.1. The summed E-state index contributed by atoms with van der Waals surface area (Å²) in [5.74, 6) is 1.58. The third-order valence-electron chi connectivity index (χ3n) is 4.78. The molecule has 0 atom stereocenters. The SMILES string of the molecule is CCCCCCSc1nc2ccccc2n1CC(=O)Nc1cc(C)ccc1OC. The van der Waals surface area contributed by atoms with Gasteiger partial charge in [-0.3, -0.25) is 4.79 Å². The number of anilines is 1. The number of nitrogens with one attached hydrogen (secondary N) is 1. The maximum absolute atomic E-state index is 12.8. The summed E-state index contributed by atoms with van der Waals surface area (Å²) in [5, 5.41) is 3.89. The van der Waals surface area contributed by atoms with E-state index in [0.29, 0.717) is 11.4 Å². The van der Waals surface area contributed by atoms with E-state index in [1.54, 1.807) is 18.9 Å². The maximum atomic E-state index is 12.8. The zero-order valence-electron chi connectivity index (χ0n) is 17.4. The van der Waals surface area contributed by atoms with Crippen LogP contribution in [0.4, 0.5) is 5.69 Å². The first-order valence-electron chi connectivity index (χ1n) is 10.1. The molecule has 3 aromatic rings. The number of hydrogen-bond donors (Lipinski definition) is 1. The van der Waals surface area contributed by atoms with Crippen molar-refractivity contribution >= 4 is 34.4 Å². The van der Waals surface area contributed by atoms with Crippen molar-refractivity contribution in [2.75, 3.05) is 18.2 Å². The highest BCUT2D eigenvalue weighted by molar-refractivity contribution is 7.99. The van der Waals surface area contributed by atoms with E-state index in [4.69, 9.17) is 9.72 Å². The fourth-order valence-electron chi connectivity index (χ4n) is 3.26. The van der Waals surface area contributed by atoms with Crippen molar-refractivity contribution in [1.82, 2.24) is 9.55 Å². The largest absolute Gasteiger partial charge is 0.495 e. The Labute approximate surface area is 176 Å². The van der Waals surface area contributed by atoms with E-state index < -0.39 is 0 Å². The average molecular weight is 412 g/mol. The molecule has 1 amide bonds. The zero-order chi connectivity index (χ0) is 20.6. The van der Waals surface area contributed by atoms with E-state index >= 15 is 0 Å². The van der Waals surface area contributed by atoms with Gasteiger partial charge < -0.3 is 14.6 Å². The number of unbranched alkanes of at least 4 members (excludes halogenated alkanes) is 3. The predicted octanol–water partition coefficient (Wildman–Crippen LogP) is 5.66. The van der Waals surface area contributed by atoms with Crippen molar-refractivity contribution in [2.45, 2.75) is 51.2 Å². The van der Waals surface area contributed by atoms with E-state index in [2.05, 4.69) is 12.2 Å². The van der Waals surface area contributed by atoms with Gasteiger partial charge in [-0.2, -0.15) is 0 Å². The number of methoxy groups -OCH3 is 1. The van der Waals surface area contributed by atoms with Crippen LogP contribution in [-0.4, -0.2) is 28.3 Å². The van der Waals surface area contributed by atoms with Crippen LogP contribution in [0.1, 0.15) is 38.2 Å². The molecule has 0 saturated heterocycles. The van der Waals surface area contributed by atoms with Gasteiger partial charge in [-0.15, -0.1) is 0 Å². The molecule has 0 fully saturated rings. The lowest BCUT2D eigenvalue weighted by Gasteiger charge is -2.13. The molecular formula is C23H29N3O2S. The van der Waals surface area contributed by atoms with E-state index in [1.807, 2.05) is 54.0 Å². The molecule has 2 aromatic carbocycles. The molecule has 0 bridgehead atoms. The highest BCUT2D eigenvalue weighted by Gasteiger charge is 2.15. The summed E-state index contributed by atoms with van der Waals surface area (Å²) in [5.41, 5.74) is 3.66. The van der Waals surface area contributed by atoms with Gasteiger partial charge in [0.2, 0.25) is 5.91 Å². The van der Waals surface area contributed by atoms with Crippen LogP contribution in [0.15, 0.2) is 47.6 Å². The fraction of sp³-hybridized carbons (Fsp3) is 0.391. The van der Waals surface area contributed by atoms with Gasteiger partial charge >= 0.3 is 0 Å². The number of nitrogens with zero attached hydrogens (tertiary/aromatic N) is 2. The zero-order valence-corrected chi connectivity index (χ0v) is 18.2. The lowest BCUT2D eigenvalue weighted by atomic mass is 10.2. The number of para-hydroxylation sites is 2. The van der Waals surface area contributed by atoms with Crippen LogP contribution in [0.5, 0.6) is 5.75 Å². The standard InChI is InChI=1S/C23H29N3O2S/c1-4-5-6-9-14-29-23-25-18-10-7-8-11-20(18)26(23)16-22(27)24-19-15-17(2)12-13-21(19)28-3/h7-8,10-13,15H,4-6,9,14,16H2,1-3H3,(H,24,27). The molecule has 5 nitrogen and oxygen atoms in total. The highest BCUT2D eigenvalue weighted by Crippen LogP contribution is 2.27. The quantitative estimate of drug-likeness (QED) is 0.345. The predicted molar refractivity (Wildman–Crippen MR) is 121 cm³/mol. The topological polar surface area (TPSA) is 56.2 Å². The third-order valence-corrected chi connectivity index (χ3v) is 5.84. The van der Waals surface area contributed by atoms with Crippen LogP contribution in [0, 0.1) is 6.92 Å². The Morgan fingerprint density at radius 2 is 2.00 bits per heavy atom. The molecule has 0 radical (unpaired) electrons. The second-order valence-electron chi connectivity index (χ2n) is 7.13. The Kier molecular flexibility index (Phi) is 7.58. The molecule has 3 rings (SSSR count). The summed E-state index contributed by atoms with van der Waals surface area (Å²) in [4.78, 5) is 17.6. The Bertz CT molecular complexity index is 968. The van der Waals surface area contributed by atoms with E-state index in [1.165, 1.54) is 19.3 Å². The Morgan fingerprint density at radius 3 is 2.79 bits per heavy atom. The van der Waals surface area contributed by atoms with Crippen molar-refractivity contribution in [3.8, 4) is 5.75 Å². The number of rotatable bonds is 10. The third kappa shape index (κ3) is 5.54. The summed E-state index contributed by atoms with van der Waals surface area (Å²) in [6.07, 6.45) is 4.88. The molecule has 1 aromatic heterocycles. The van der Waals surface area contributed by atoms with E-state index in [9.17, 15) is 4.79 Å². The molecule has 1 N–H and O–H groups in total. The smallest absolute Gasteiger partial charge is 0.244 e. The van der Waals surface area contributed by atoms with Gasteiger partial charge in [0, 0.05) is 5.75 Å². The average Bonchev–Trinajstić information content (AvgIpc) is 3.05. The summed E-state index contributed by atoms with van der Waals surface area (Å²) >= 11 is 1.73. The van der Waals surface area contributed by atoms with Crippen LogP contribution in [-0.2, 0) is 11.3 Å². The summed E-state index contributed by atoms with van der Waals surface area (Å²) < 4.78 is 7.39. The minimum Gasteiger partial charge on any atom is -0.495 e. The number of hydrogen-bond acceptors (Lipinski definition) is 4. The number of benzene rings is 2. The van der Waals surface area contributed by atoms with Gasteiger partial charge in [0.15, 0.2) is 5.16 Å². The molecule has 0 spiro atoms. The number of aromatic nitrogens is 2. The molecule has 0 saturated carbocycles. The second-order valence-corrected chi connectivity index (χ2v) is 8.19. The summed E-state index contributed by atoms with van der Waals surface area (Å²) in [7, 11) is 1.61. The normalized spacial score (nSPS) is 11.0. The molecule has 0 aliphatic heterocycles. The number of carbonyl (C=O) groups is 1. The highest BCUT2D eigenvalue weighted by atomic mass is 32.2. The van der Waals surface area contributed by atoms with Crippen LogP contribution in [0.3, 0.4) is 0 Å². The van der Waals surface area contributed by atoms with Crippen LogP contribution in [0.2, 0.25) is 0 Å². The van der Waals surface area contributed by atoms with Gasteiger partial charge in [-0.1, -0.05) is 56.1 Å². The molecule has 0 unspecified atom stereocenters. The van der Waals surface area contributed by atoms with Crippen molar-refractivity contribution in [1.29, 1.82) is 0 Å². The van der Waals surface area contributed by atoms with Gasteiger partial charge in [-0.05, 0) is 43.2 Å². The molecule has 6 heteroatoms. The first-order valence-corrected chi connectivity index (χ1v) is 11.1. The van der Waals surface area contributed by atoms with Crippen molar-refractivity contribution in [3.05, 3.63) is 48.0 Å². The molecular weight excluding hydrogens is 382 g/mol. The van der Waals surface area contributed by atoms with Gasteiger partial charge in [0.05, 0.1) is 23.8 Å². The number of aryl methyl sites for hydroxylation is 1. The van der Waals surface area contributed by atoms with Crippen molar-refractivity contribution in [3.63, 3.8) is 0 Å². The summed E-state index contributed by atoms with van der Waals surface area (Å²) in [6.45, 7) is 4.43. The number of fused-ring (bicyclic) bond motifs is 1. The van der Waals surface area contributed by atoms with Crippen LogP contribution < -0.4 is 10.1 Å². The summed E-state index contributed by atoms with van der Waals surface area (Å²) in [6, 6.07) is 13.7. The van der Waals surface area contributed by atoms with E-state index in [-0.39, 0.29) is 12.5 Å². The Balaban J connectivity index is 1.76. The Morgan fingerprint density at radius 1 is 1.17 bits per heavy atom. The maximum Gasteiger partial charge on any atom is 0.244 e. The minimum atomic E-state index is -0.0927. The monoisotopic (exact) mass is 411 g/mol. The number of carbonyl (C=O) groups excluding carboxylic acids is 1. The van der Waals surface area contributed by atoms with E-state index in [0.717, 1.165) is 33.9 Å². The molecule has 1 heterocycles. The molecule has 154 valence electrons. The molecule has 0 aliphatic rings. The second kappa shape index (κ2) is 10.3.